The number of H-pyrrole nitrogens is 1. The van der Waals surface area contributed by atoms with E-state index >= 15 is 0 Å². The van der Waals surface area contributed by atoms with Gasteiger partial charge in [0.2, 0.25) is 5.71 Å². The molecule has 4 rings (SSSR count). The number of rotatable bonds is 8. The van der Waals surface area contributed by atoms with Gasteiger partial charge in [-0.15, -0.1) is 16.9 Å². The van der Waals surface area contributed by atoms with Crippen molar-refractivity contribution in [1.29, 1.82) is 0 Å². The number of carboxylic acids is 1. The van der Waals surface area contributed by atoms with E-state index in [4.69, 9.17) is 9.25 Å². The second kappa shape index (κ2) is 9.83. The van der Waals surface area contributed by atoms with E-state index in [0.29, 0.717) is 5.57 Å². The Hall–Kier alpha value is -3.79. The first-order valence-electron chi connectivity index (χ1n) is 9.89. The van der Waals surface area contributed by atoms with Gasteiger partial charge in [-0.05, 0) is 17.7 Å². The van der Waals surface area contributed by atoms with Crippen LogP contribution in [0, 0.1) is 0 Å². The van der Waals surface area contributed by atoms with Crippen molar-refractivity contribution < 1.29 is 28.7 Å². The summed E-state index contributed by atoms with van der Waals surface area (Å²) in [6.45, 7) is 0. The van der Waals surface area contributed by atoms with Gasteiger partial charge in [0.25, 0.3) is 11.8 Å². The molecule has 0 spiro atoms. The molecule has 0 unspecified atom stereocenters. The number of nitrogens with zero attached hydrogens (tertiary/aromatic N) is 4. The smallest absolute Gasteiger partial charge is 0.352 e. The summed E-state index contributed by atoms with van der Waals surface area (Å²) in [6.07, 6.45) is 1.35. The highest BCUT2D eigenvalue weighted by atomic mass is 32.2. The van der Waals surface area contributed by atoms with Crippen molar-refractivity contribution in [2.75, 3.05) is 18.6 Å². The Kier molecular flexibility index (Phi) is 6.83. The first-order chi connectivity index (χ1) is 16.7. The third-order valence-corrected chi connectivity index (χ3v) is 7.56. The lowest BCUT2D eigenvalue weighted by Gasteiger charge is -2.49. The van der Waals surface area contributed by atoms with Crippen LogP contribution in [0.5, 0.6) is 0 Å². The molecule has 2 aromatic heterocycles. The molecule has 2 aliphatic rings. The van der Waals surface area contributed by atoms with Crippen LogP contribution in [0.4, 0.5) is 0 Å². The van der Waals surface area contributed by atoms with E-state index in [0.717, 1.165) is 21.2 Å². The Morgan fingerprint density at radius 1 is 1.43 bits per heavy atom. The van der Waals surface area contributed by atoms with Crippen LogP contribution in [0.1, 0.15) is 5.76 Å². The first kappa shape index (κ1) is 24.3. The predicted octanol–water partition coefficient (Wildman–Crippen LogP) is -1.06. The molecule has 16 heteroatoms. The monoisotopic (exact) mass is 522 g/mol. The van der Waals surface area contributed by atoms with Gasteiger partial charge in [0.05, 0.1) is 6.26 Å². The van der Waals surface area contributed by atoms with Crippen molar-refractivity contribution in [3.05, 3.63) is 56.1 Å². The molecule has 0 aliphatic carbocycles. The molecule has 35 heavy (non-hydrogen) atoms. The van der Waals surface area contributed by atoms with Gasteiger partial charge in [-0.3, -0.25) is 28.6 Å². The van der Waals surface area contributed by atoms with Crippen LogP contribution in [0.3, 0.4) is 0 Å². The molecule has 2 amide bonds. The zero-order valence-electron chi connectivity index (χ0n) is 18.2. The summed E-state index contributed by atoms with van der Waals surface area (Å²) in [6, 6.07) is 2.09. The Labute approximate surface area is 204 Å². The van der Waals surface area contributed by atoms with Crippen molar-refractivity contribution >= 4 is 47.0 Å². The molecule has 4 heterocycles. The summed E-state index contributed by atoms with van der Waals surface area (Å²) in [5, 5.41) is 21.5. The average molecular weight is 523 g/mol. The molecule has 0 bridgehead atoms. The highest BCUT2D eigenvalue weighted by Crippen LogP contribution is 2.41. The third-order valence-electron chi connectivity index (χ3n) is 5.10. The van der Waals surface area contributed by atoms with Gasteiger partial charge in [-0.1, -0.05) is 16.9 Å². The van der Waals surface area contributed by atoms with Crippen LogP contribution in [-0.4, -0.2) is 78.3 Å². The van der Waals surface area contributed by atoms with Gasteiger partial charge in [0.15, 0.2) is 10.9 Å². The van der Waals surface area contributed by atoms with E-state index in [9.17, 15) is 29.1 Å². The first-order valence-corrected chi connectivity index (χ1v) is 11.9. The SMILES string of the molecule is CO/N=C(\C(=O)N[C@@H]1C(=O)N2C(C(=O)O)=C(CSc3n[nH]c(=O)c(=O)n3C)CS[C@H]12)c1ccco1. The lowest BCUT2D eigenvalue weighted by Crippen LogP contribution is -2.71. The molecule has 2 atom stereocenters. The Morgan fingerprint density at radius 3 is 2.86 bits per heavy atom. The zero-order chi connectivity index (χ0) is 25.3. The molecule has 184 valence electrons. The van der Waals surface area contributed by atoms with Crippen LogP contribution in [0.25, 0.3) is 0 Å². The number of amides is 2. The van der Waals surface area contributed by atoms with Crippen LogP contribution >= 0.6 is 23.5 Å². The van der Waals surface area contributed by atoms with E-state index in [-0.39, 0.29) is 33.8 Å². The number of carboxylic acid groups (broad SMARTS) is 1. The van der Waals surface area contributed by atoms with E-state index in [1.54, 1.807) is 6.07 Å². The third kappa shape index (κ3) is 4.49. The van der Waals surface area contributed by atoms with Gasteiger partial charge in [0, 0.05) is 18.6 Å². The minimum atomic E-state index is -1.30. The van der Waals surface area contributed by atoms with Gasteiger partial charge in [-0.2, -0.15) is 0 Å². The van der Waals surface area contributed by atoms with Gasteiger partial charge < -0.3 is 19.7 Å². The number of furan rings is 1. The van der Waals surface area contributed by atoms with Gasteiger partial charge in [-0.25, -0.2) is 9.89 Å². The van der Waals surface area contributed by atoms with Crippen LogP contribution in [0.15, 0.2) is 54.0 Å². The molecule has 2 aliphatic heterocycles. The predicted molar refractivity (Wildman–Crippen MR) is 123 cm³/mol. The molecular formula is C19H18N6O8S2. The van der Waals surface area contributed by atoms with Crippen molar-refractivity contribution in [2.24, 2.45) is 12.2 Å². The summed E-state index contributed by atoms with van der Waals surface area (Å²) < 4.78 is 6.24. The van der Waals surface area contributed by atoms with Gasteiger partial charge in [0.1, 0.15) is 24.2 Å². The molecular weight excluding hydrogens is 504 g/mol. The number of carbonyl (C=O) groups is 3. The highest BCUT2D eigenvalue weighted by Gasteiger charge is 2.54. The quantitative estimate of drug-likeness (QED) is 0.126. The summed E-state index contributed by atoms with van der Waals surface area (Å²) in [5.41, 5.74) is -1.60. The van der Waals surface area contributed by atoms with Crippen LogP contribution < -0.4 is 16.4 Å². The van der Waals surface area contributed by atoms with E-state index in [1.165, 1.54) is 38.2 Å². The fraction of sp³-hybridized carbons (Fsp3) is 0.316. The normalized spacial score (nSPS) is 19.8. The lowest BCUT2D eigenvalue weighted by atomic mass is 10.0. The second-order valence-corrected chi connectivity index (χ2v) is 9.25. The number of hydrogen-bond donors (Lipinski definition) is 3. The Morgan fingerprint density at radius 2 is 2.20 bits per heavy atom. The molecule has 2 aromatic rings. The number of aliphatic carboxylic acids is 1. The summed E-state index contributed by atoms with van der Waals surface area (Å²) in [5.74, 6) is -2.11. The topological polar surface area (TPSA) is 189 Å². The summed E-state index contributed by atoms with van der Waals surface area (Å²) in [4.78, 5) is 66.6. The zero-order valence-corrected chi connectivity index (χ0v) is 19.8. The lowest BCUT2D eigenvalue weighted by molar-refractivity contribution is -0.150. The molecule has 1 saturated heterocycles. The number of thioether (sulfide) groups is 2. The van der Waals surface area contributed by atoms with Crippen molar-refractivity contribution in [3.8, 4) is 0 Å². The maximum absolute atomic E-state index is 12.9. The van der Waals surface area contributed by atoms with E-state index in [2.05, 4.69) is 20.7 Å². The van der Waals surface area contributed by atoms with Crippen LogP contribution in [-0.2, 0) is 26.3 Å². The number of carbonyl (C=O) groups excluding carboxylic acids is 2. The van der Waals surface area contributed by atoms with Gasteiger partial charge >= 0.3 is 17.1 Å². The number of oxime groups is 1. The van der Waals surface area contributed by atoms with E-state index in [1.807, 2.05) is 0 Å². The minimum absolute atomic E-state index is 0.109. The van der Waals surface area contributed by atoms with Crippen molar-refractivity contribution in [2.45, 2.75) is 16.6 Å². The summed E-state index contributed by atoms with van der Waals surface area (Å²) in [7, 11) is 2.63. The summed E-state index contributed by atoms with van der Waals surface area (Å²) >= 11 is 2.32. The fourth-order valence-electron chi connectivity index (χ4n) is 3.45. The number of aromatic amines is 1. The minimum Gasteiger partial charge on any atom is -0.477 e. The molecule has 14 nitrogen and oxygen atoms in total. The highest BCUT2D eigenvalue weighted by molar-refractivity contribution is 8.01. The molecule has 3 N–H and O–H groups in total. The maximum atomic E-state index is 12.9. The van der Waals surface area contributed by atoms with Crippen molar-refractivity contribution in [1.82, 2.24) is 25.0 Å². The van der Waals surface area contributed by atoms with Crippen LogP contribution in [0.2, 0.25) is 0 Å². The fourth-order valence-corrected chi connectivity index (χ4v) is 5.85. The number of β-lactam (4-membered cyclic amide) rings is 1. The maximum Gasteiger partial charge on any atom is 0.352 e. The molecule has 0 radical (unpaired) electrons. The largest absolute Gasteiger partial charge is 0.477 e. The number of nitrogens with one attached hydrogen (secondary N) is 2. The second-order valence-electron chi connectivity index (χ2n) is 7.21. The molecule has 0 saturated carbocycles. The molecule has 0 aromatic carbocycles. The standard InChI is InChI=1S/C19H18N6O8S2/c1-24-16(29)14(27)21-22-19(24)35-7-8-6-34-17-11(15(28)25(17)12(8)18(30)31)20-13(26)10(23-32-2)9-4-3-5-33-9/h3-5,11,17H,6-7H2,1-2H3,(H,20,26)(H,21,27)(H,30,31)/b23-10-/t11-,17-/m1/s1. The van der Waals surface area contributed by atoms with E-state index < -0.39 is 40.3 Å². The average Bonchev–Trinajstić information content (AvgIpc) is 3.37. The Bertz CT molecular complexity index is 1360. The van der Waals surface area contributed by atoms with Crippen molar-refractivity contribution in [3.63, 3.8) is 0 Å². The molecule has 1 fully saturated rings. The number of fused-ring (bicyclic) bond motifs is 1. The number of hydrogen-bond acceptors (Lipinski definition) is 11. The number of aromatic nitrogens is 3. The Balaban J connectivity index is 1.51.